The van der Waals surface area contributed by atoms with Crippen molar-refractivity contribution in [1.29, 1.82) is 0 Å². The molecule has 1 fully saturated rings. The van der Waals surface area contributed by atoms with E-state index < -0.39 is 0 Å². The fraction of sp³-hybridized carbons (Fsp3) is 0.333. The summed E-state index contributed by atoms with van der Waals surface area (Å²) >= 11 is 5.75. The fourth-order valence-electron chi connectivity index (χ4n) is 4.39. The van der Waals surface area contributed by atoms with Gasteiger partial charge in [-0.1, -0.05) is 12.1 Å². The zero-order valence-corrected chi connectivity index (χ0v) is 19.2. The molecule has 1 saturated heterocycles. The van der Waals surface area contributed by atoms with Crippen molar-refractivity contribution in [2.45, 2.75) is 25.9 Å². The molecule has 5 nitrogen and oxygen atoms in total. The quantitative estimate of drug-likeness (QED) is 0.586. The van der Waals surface area contributed by atoms with Crippen molar-refractivity contribution in [3.05, 3.63) is 83.2 Å². The van der Waals surface area contributed by atoms with Crippen LogP contribution in [0.3, 0.4) is 0 Å². The van der Waals surface area contributed by atoms with E-state index in [1.807, 2.05) is 30.5 Å². The number of aromatic nitrogens is 2. The molecule has 3 aromatic rings. The van der Waals surface area contributed by atoms with Crippen LogP contribution in [0.4, 0.5) is 4.39 Å². The van der Waals surface area contributed by atoms with Gasteiger partial charge >= 0.3 is 0 Å². The lowest BCUT2D eigenvalue weighted by Crippen LogP contribution is -2.35. The van der Waals surface area contributed by atoms with Gasteiger partial charge < -0.3 is 19.7 Å². The first kappa shape index (κ1) is 21.5. The van der Waals surface area contributed by atoms with E-state index in [1.165, 1.54) is 11.6 Å². The van der Waals surface area contributed by atoms with Crippen molar-refractivity contribution in [3.8, 4) is 5.69 Å². The Labute approximate surface area is 188 Å². The highest BCUT2D eigenvalue weighted by atomic mass is 32.1. The molecular weight excluding hydrogens is 409 g/mol. The van der Waals surface area contributed by atoms with E-state index >= 15 is 0 Å². The summed E-state index contributed by atoms with van der Waals surface area (Å²) in [6.07, 6.45) is 1.82. The van der Waals surface area contributed by atoms with Crippen LogP contribution < -0.4 is 5.32 Å². The first-order valence-corrected chi connectivity index (χ1v) is 10.8. The van der Waals surface area contributed by atoms with E-state index in [4.69, 9.17) is 12.2 Å². The van der Waals surface area contributed by atoms with E-state index in [1.54, 1.807) is 12.1 Å². The van der Waals surface area contributed by atoms with Crippen LogP contribution in [0.2, 0.25) is 0 Å². The lowest BCUT2D eigenvalue weighted by molar-refractivity contribution is 0.277. The average molecular weight is 438 g/mol. The van der Waals surface area contributed by atoms with Gasteiger partial charge in [0.15, 0.2) is 5.11 Å². The lowest BCUT2D eigenvalue weighted by atomic mass is 9.97. The Bertz CT molecular complexity index is 1080. The van der Waals surface area contributed by atoms with E-state index in [2.05, 4.69) is 58.7 Å². The van der Waals surface area contributed by atoms with Crippen LogP contribution in [0, 0.1) is 19.7 Å². The van der Waals surface area contributed by atoms with Gasteiger partial charge in [-0.2, -0.15) is 0 Å². The predicted molar refractivity (Wildman–Crippen MR) is 126 cm³/mol. The minimum Gasteiger partial charge on any atom is -0.352 e. The van der Waals surface area contributed by atoms with Crippen molar-refractivity contribution >= 4 is 17.3 Å². The van der Waals surface area contributed by atoms with Gasteiger partial charge in [0.2, 0.25) is 0 Å². The molecule has 7 heteroatoms. The van der Waals surface area contributed by atoms with Gasteiger partial charge in [0.05, 0.1) is 17.8 Å². The van der Waals surface area contributed by atoms with Gasteiger partial charge in [0.25, 0.3) is 0 Å². The first-order valence-electron chi connectivity index (χ1n) is 10.4. The maximum absolute atomic E-state index is 13.9. The molecule has 4 rings (SSSR count). The molecule has 1 aliphatic rings. The number of rotatable bonds is 6. The Morgan fingerprint density at radius 1 is 1.13 bits per heavy atom. The minimum absolute atomic E-state index is 0.00383. The van der Waals surface area contributed by atoms with Gasteiger partial charge in [-0.25, -0.2) is 4.39 Å². The topological polar surface area (TPSA) is 36.3 Å². The molecule has 1 N–H and O–H groups in total. The third kappa shape index (κ3) is 4.20. The Hall–Kier alpha value is -2.77. The third-order valence-electron chi connectivity index (χ3n) is 5.84. The summed E-state index contributed by atoms with van der Waals surface area (Å²) in [7, 11) is 4.13. The number of nitrogens with zero attached hydrogens (tertiary/aromatic N) is 4. The largest absolute Gasteiger partial charge is 0.352 e. The number of thiocarbonyl (C=S) groups is 1. The summed E-state index contributed by atoms with van der Waals surface area (Å²) < 4.78 is 16.0. The summed E-state index contributed by atoms with van der Waals surface area (Å²) in [4.78, 5) is 9.03. The summed E-state index contributed by atoms with van der Waals surface area (Å²) in [5.74, 6) is -0.241. The Morgan fingerprint density at radius 2 is 1.94 bits per heavy atom. The van der Waals surface area contributed by atoms with Crippen molar-refractivity contribution in [2.24, 2.45) is 0 Å². The highest BCUT2D eigenvalue weighted by molar-refractivity contribution is 7.80. The smallest absolute Gasteiger partial charge is 0.170 e. The molecule has 162 valence electrons. The normalized spacial score (nSPS) is 18.6. The SMILES string of the molecule is Cc1cc([C@H]2[C@H](c3ccccn3)NC(=S)N2CCN(C)C)c(C)n1-c1cccc(F)c1. The van der Waals surface area contributed by atoms with Crippen LogP contribution in [0.25, 0.3) is 5.69 Å². The molecule has 0 spiro atoms. The van der Waals surface area contributed by atoms with E-state index in [0.717, 1.165) is 41.0 Å². The zero-order chi connectivity index (χ0) is 22.1. The molecule has 2 atom stereocenters. The van der Waals surface area contributed by atoms with Crippen LogP contribution in [-0.4, -0.2) is 51.6 Å². The predicted octanol–water partition coefficient (Wildman–Crippen LogP) is 4.16. The standard InChI is InChI=1S/C24H28FN5S/c1-16-14-20(17(2)30(16)19-9-7-8-18(25)15-19)23-22(21-10-5-6-11-26-21)27-24(31)29(23)13-12-28(3)4/h5-11,14-15,22-23H,12-13H2,1-4H3,(H,27,31)/t22-,23-/m0/s1. The van der Waals surface area contributed by atoms with Crippen molar-refractivity contribution in [1.82, 2.24) is 24.7 Å². The number of likely N-dealkylation sites (N-methyl/N-ethyl adjacent to an activating group) is 1. The minimum atomic E-state index is -0.241. The van der Waals surface area contributed by atoms with Gasteiger partial charge in [-0.3, -0.25) is 4.98 Å². The third-order valence-corrected chi connectivity index (χ3v) is 6.19. The maximum Gasteiger partial charge on any atom is 0.170 e. The van der Waals surface area contributed by atoms with Crippen LogP contribution in [-0.2, 0) is 0 Å². The van der Waals surface area contributed by atoms with Crippen LogP contribution in [0.15, 0.2) is 54.7 Å². The van der Waals surface area contributed by atoms with Crippen molar-refractivity contribution < 1.29 is 4.39 Å². The number of halogens is 1. The number of nitrogens with one attached hydrogen (secondary N) is 1. The van der Waals surface area contributed by atoms with Gasteiger partial charge in [-0.05, 0) is 82.1 Å². The summed E-state index contributed by atoms with van der Waals surface area (Å²) in [6, 6.07) is 14.8. The maximum atomic E-state index is 13.9. The zero-order valence-electron chi connectivity index (χ0n) is 18.3. The lowest BCUT2D eigenvalue weighted by Gasteiger charge is -2.29. The van der Waals surface area contributed by atoms with Crippen LogP contribution in [0.1, 0.15) is 34.7 Å². The molecule has 0 aliphatic carbocycles. The molecule has 0 radical (unpaired) electrons. The first-order chi connectivity index (χ1) is 14.9. The second-order valence-corrected chi connectivity index (χ2v) is 8.65. The van der Waals surface area contributed by atoms with Crippen LogP contribution >= 0.6 is 12.2 Å². The Morgan fingerprint density at radius 3 is 2.61 bits per heavy atom. The molecule has 31 heavy (non-hydrogen) atoms. The molecule has 3 heterocycles. The van der Waals surface area contributed by atoms with Gasteiger partial charge in [-0.15, -0.1) is 0 Å². The molecule has 0 bridgehead atoms. The second-order valence-electron chi connectivity index (χ2n) is 8.27. The summed E-state index contributed by atoms with van der Waals surface area (Å²) in [6.45, 7) is 5.84. The molecular formula is C24H28FN5S. The molecule has 0 amide bonds. The Kier molecular flexibility index (Phi) is 6.07. The molecule has 0 saturated carbocycles. The molecule has 0 unspecified atom stereocenters. The van der Waals surface area contributed by atoms with E-state index in [-0.39, 0.29) is 17.9 Å². The number of benzene rings is 1. The fourth-order valence-corrected chi connectivity index (χ4v) is 4.72. The highest BCUT2D eigenvalue weighted by Gasteiger charge is 2.41. The van der Waals surface area contributed by atoms with Crippen molar-refractivity contribution in [3.63, 3.8) is 0 Å². The van der Waals surface area contributed by atoms with Gasteiger partial charge in [0, 0.05) is 36.4 Å². The van der Waals surface area contributed by atoms with Crippen molar-refractivity contribution in [2.75, 3.05) is 27.2 Å². The van der Waals surface area contributed by atoms with Gasteiger partial charge in [0.1, 0.15) is 5.82 Å². The molecule has 2 aromatic heterocycles. The number of pyridine rings is 1. The number of hydrogen-bond donors (Lipinski definition) is 1. The number of hydrogen-bond acceptors (Lipinski definition) is 3. The molecule has 1 aromatic carbocycles. The summed E-state index contributed by atoms with van der Waals surface area (Å²) in [5, 5.41) is 4.24. The number of aryl methyl sites for hydroxylation is 1. The highest BCUT2D eigenvalue weighted by Crippen LogP contribution is 2.41. The van der Waals surface area contributed by atoms with Crippen LogP contribution in [0.5, 0.6) is 0 Å². The average Bonchev–Trinajstić information content (AvgIpc) is 3.22. The monoisotopic (exact) mass is 437 g/mol. The molecule has 1 aliphatic heterocycles. The van der Waals surface area contributed by atoms with E-state index in [9.17, 15) is 4.39 Å². The second kappa shape index (κ2) is 8.77. The Balaban J connectivity index is 1.81. The summed E-state index contributed by atoms with van der Waals surface area (Å²) in [5.41, 5.74) is 5.09. The van der Waals surface area contributed by atoms with E-state index in [0.29, 0.717) is 0 Å².